The maximum absolute atomic E-state index is 9.35. The SMILES string of the molecule is CC(C)(C)c1c(CO)nnn1Cc1ccccc1. The van der Waals surface area contributed by atoms with Crippen LogP contribution in [0.5, 0.6) is 0 Å². The lowest BCUT2D eigenvalue weighted by molar-refractivity contribution is 0.273. The van der Waals surface area contributed by atoms with Crippen LogP contribution in [0.25, 0.3) is 0 Å². The highest BCUT2D eigenvalue weighted by Gasteiger charge is 2.24. The van der Waals surface area contributed by atoms with Crippen molar-refractivity contribution in [2.45, 2.75) is 39.3 Å². The molecule has 0 aliphatic carbocycles. The quantitative estimate of drug-likeness (QED) is 0.901. The van der Waals surface area contributed by atoms with Gasteiger partial charge in [-0.25, -0.2) is 4.68 Å². The molecule has 1 N–H and O–H groups in total. The molecule has 0 atom stereocenters. The summed E-state index contributed by atoms with van der Waals surface area (Å²) < 4.78 is 1.88. The average molecular weight is 245 g/mol. The molecule has 2 rings (SSSR count). The van der Waals surface area contributed by atoms with E-state index in [0.717, 1.165) is 5.69 Å². The molecule has 0 aliphatic rings. The molecule has 0 amide bonds. The van der Waals surface area contributed by atoms with E-state index in [2.05, 4.69) is 43.2 Å². The van der Waals surface area contributed by atoms with Gasteiger partial charge in [0.2, 0.25) is 0 Å². The van der Waals surface area contributed by atoms with Crippen LogP contribution in [0.1, 0.15) is 37.7 Å². The van der Waals surface area contributed by atoms with Crippen molar-refractivity contribution in [2.75, 3.05) is 0 Å². The highest BCUT2D eigenvalue weighted by Crippen LogP contribution is 2.25. The van der Waals surface area contributed by atoms with Gasteiger partial charge in [-0.05, 0) is 5.56 Å². The van der Waals surface area contributed by atoms with Crippen molar-refractivity contribution in [2.24, 2.45) is 0 Å². The second-order valence-electron chi connectivity index (χ2n) is 5.44. The Kier molecular flexibility index (Phi) is 3.48. The Morgan fingerprint density at radius 1 is 1.17 bits per heavy atom. The van der Waals surface area contributed by atoms with Gasteiger partial charge in [0.05, 0.1) is 18.8 Å². The molecule has 0 saturated heterocycles. The predicted molar refractivity (Wildman–Crippen MR) is 70.2 cm³/mol. The Morgan fingerprint density at radius 2 is 1.83 bits per heavy atom. The van der Waals surface area contributed by atoms with Gasteiger partial charge in [-0.3, -0.25) is 0 Å². The number of hydrogen-bond donors (Lipinski definition) is 1. The number of aliphatic hydroxyl groups excluding tert-OH is 1. The van der Waals surface area contributed by atoms with Gasteiger partial charge in [-0.1, -0.05) is 56.3 Å². The average Bonchev–Trinajstić information content (AvgIpc) is 2.73. The van der Waals surface area contributed by atoms with Crippen LogP contribution in [0.15, 0.2) is 30.3 Å². The minimum atomic E-state index is -0.0870. The van der Waals surface area contributed by atoms with E-state index in [-0.39, 0.29) is 12.0 Å². The number of hydrogen-bond acceptors (Lipinski definition) is 3. The maximum atomic E-state index is 9.35. The zero-order chi connectivity index (χ0) is 13.2. The Hall–Kier alpha value is -1.68. The van der Waals surface area contributed by atoms with Gasteiger partial charge < -0.3 is 5.11 Å². The minimum absolute atomic E-state index is 0.0681. The Bertz CT molecular complexity index is 512. The van der Waals surface area contributed by atoms with E-state index in [4.69, 9.17) is 0 Å². The number of aliphatic hydroxyl groups is 1. The molecule has 1 heterocycles. The molecular weight excluding hydrogens is 226 g/mol. The largest absolute Gasteiger partial charge is 0.390 e. The normalized spacial score (nSPS) is 11.8. The van der Waals surface area contributed by atoms with Gasteiger partial charge in [0, 0.05) is 5.41 Å². The Labute approximate surface area is 107 Å². The van der Waals surface area contributed by atoms with Crippen molar-refractivity contribution in [3.8, 4) is 0 Å². The summed E-state index contributed by atoms with van der Waals surface area (Å²) in [4.78, 5) is 0. The van der Waals surface area contributed by atoms with E-state index in [0.29, 0.717) is 12.2 Å². The smallest absolute Gasteiger partial charge is 0.112 e. The van der Waals surface area contributed by atoms with Crippen LogP contribution in [-0.2, 0) is 18.6 Å². The molecule has 0 saturated carbocycles. The summed E-state index contributed by atoms with van der Waals surface area (Å²) in [5, 5.41) is 17.6. The summed E-state index contributed by atoms with van der Waals surface area (Å²) in [6, 6.07) is 10.1. The number of rotatable bonds is 3. The van der Waals surface area contributed by atoms with Gasteiger partial charge in [-0.2, -0.15) is 0 Å². The standard InChI is InChI=1S/C14H19N3O/c1-14(2,3)13-12(10-18)15-16-17(13)9-11-7-5-4-6-8-11/h4-8,18H,9-10H2,1-3H3. The fraction of sp³-hybridized carbons (Fsp3) is 0.429. The predicted octanol–water partition coefficient (Wildman–Crippen LogP) is 2.12. The first-order valence-corrected chi connectivity index (χ1v) is 6.10. The van der Waals surface area contributed by atoms with E-state index in [1.807, 2.05) is 22.9 Å². The van der Waals surface area contributed by atoms with Crippen molar-refractivity contribution in [3.63, 3.8) is 0 Å². The summed E-state index contributed by atoms with van der Waals surface area (Å²) in [7, 11) is 0. The molecule has 4 nitrogen and oxygen atoms in total. The number of benzene rings is 1. The fourth-order valence-corrected chi connectivity index (χ4v) is 2.14. The highest BCUT2D eigenvalue weighted by atomic mass is 16.3. The summed E-state index contributed by atoms with van der Waals surface area (Å²) in [5.74, 6) is 0. The van der Waals surface area contributed by atoms with Gasteiger partial charge in [0.1, 0.15) is 5.69 Å². The van der Waals surface area contributed by atoms with Crippen molar-refractivity contribution in [3.05, 3.63) is 47.3 Å². The molecule has 0 bridgehead atoms. The topological polar surface area (TPSA) is 50.9 Å². The van der Waals surface area contributed by atoms with E-state index in [1.165, 1.54) is 5.56 Å². The van der Waals surface area contributed by atoms with Crippen molar-refractivity contribution >= 4 is 0 Å². The summed E-state index contributed by atoms with van der Waals surface area (Å²) in [6.45, 7) is 6.92. The zero-order valence-corrected chi connectivity index (χ0v) is 11.1. The zero-order valence-electron chi connectivity index (χ0n) is 11.1. The molecule has 96 valence electrons. The van der Waals surface area contributed by atoms with Crippen LogP contribution in [0.3, 0.4) is 0 Å². The van der Waals surface area contributed by atoms with Gasteiger partial charge in [0.15, 0.2) is 0 Å². The number of aromatic nitrogens is 3. The van der Waals surface area contributed by atoms with Crippen LogP contribution in [0, 0.1) is 0 Å². The second kappa shape index (κ2) is 4.90. The summed E-state index contributed by atoms with van der Waals surface area (Å²) in [6.07, 6.45) is 0. The molecule has 0 radical (unpaired) electrons. The third-order valence-corrected chi connectivity index (χ3v) is 2.84. The molecule has 0 unspecified atom stereocenters. The molecule has 0 spiro atoms. The number of nitrogens with zero attached hydrogens (tertiary/aromatic N) is 3. The third kappa shape index (κ3) is 2.59. The van der Waals surface area contributed by atoms with Gasteiger partial charge in [0.25, 0.3) is 0 Å². The van der Waals surface area contributed by atoms with Crippen LogP contribution in [-0.4, -0.2) is 20.1 Å². The molecule has 18 heavy (non-hydrogen) atoms. The van der Waals surface area contributed by atoms with E-state index in [1.54, 1.807) is 0 Å². The van der Waals surface area contributed by atoms with Crippen molar-refractivity contribution in [1.29, 1.82) is 0 Å². The Balaban J connectivity index is 2.37. The molecular formula is C14H19N3O. The molecule has 4 heteroatoms. The van der Waals surface area contributed by atoms with Crippen LogP contribution >= 0.6 is 0 Å². The summed E-state index contributed by atoms with van der Waals surface area (Å²) in [5.41, 5.74) is 2.75. The van der Waals surface area contributed by atoms with Crippen LogP contribution < -0.4 is 0 Å². The third-order valence-electron chi connectivity index (χ3n) is 2.84. The van der Waals surface area contributed by atoms with Gasteiger partial charge >= 0.3 is 0 Å². The van der Waals surface area contributed by atoms with E-state index in [9.17, 15) is 5.11 Å². The monoisotopic (exact) mass is 245 g/mol. The first kappa shape index (κ1) is 12.8. The minimum Gasteiger partial charge on any atom is -0.390 e. The van der Waals surface area contributed by atoms with E-state index >= 15 is 0 Å². The molecule has 0 aliphatic heterocycles. The first-order chi connectivity index (χ1) is 8.52. The molecule has 1 aromatic carbocycles. The highest BCUT2D eigenvalue weighted by molar-refractivity contribution is 5.21. The second-order valence-corrected chi connectivity index (χ2v) is 5.44. The van der Waals surface area contributed by atoms with Crippen molar-refractivity contribution in [1.82, 2.24) is 15.0 Å². The molecule has 1 aromatic heterocycles. The molecule has 2 aromatic rings. The Morgan fingerprint density at radius 3 is 2.39 bits per heavy atom. The first-order valence-electron chi connectivity index (χ1n) is 6.10. The summed E-state index contributed by atoms with van der Waals surface area (Å²) >= 11 is 0. The van der Waals surface area contributed by atoms with Crippen LogP contribution in [0.4, 0.5) is 0 Å². The van der Waals surface area contributed by atoms with Crippen LogP contribution in [0.2, 0.25) is 0 Å². The lowest BCUT2D eigenvalue weighted by Crippen LogP contribution is -2.20. The molecule has 0 fully saturated rings. The van der Waals surface area contributed by atoms with Crippen molar-refractivity contribution < 1.29 is 5.11 Å². The maximum Gasteiger partial charge on any atom is 0.112 e. The fourth-order valence-electron chi connectivity index (χ4n) is 2.14. The van der Waals surface area contributed by atoms with Gasteiger partial charge in [-0.15, -0.1) is 5.10 Å². The lowest BCUT2D eigenvalue weighted by atomic mass is 9.90. The van der Waals surface area contributed by atoms with E-state index < -0.39 is 0 Å². The lowest BCUT2D eigenvalue weighted by Gasteiger charge is -2.21.